The number of carboxylic acid groups (broad SMARTS) is 1. The van der Waals surface area contributed by atoms with Gasteiger partial charge >= 0.3 is 94.4 Å². The number of aromatic carboxylic acids is 1. The third-order valence-electron chi connectivity index (χ3n) is 2.94. The zero-order valence-corrected chi connectivity index (χ0v) is 15.8. The van der Waals surface area contributed by atoms with Gasteiger partial charge in [-0.3, -0.25) is 0 Å². The molecule has 2 aromatic carbocycles. The number of carbonyl (C=O) groups excluding carboxylic acids is 1. The molecule has 2 rings (SSSR count). The van der Waals surface area contributed by atoms with Gasteiger partial charge in [0, 0.05) is 0 Å². The quantitative estimate of drug-likeness (QED) is 0.316. The first kappa shape index (κ1) is 21.5. The van der Waals surface area contributed by atoms with Crippen LogP contribution in [0.3, 0.4) is 0 Å². The first-order valence-corrected chi connectivity index (χ1v) is 10.4. The van der Waals surface area contributed by atoms with Crippen LogP contribution in [0, 0.1) is 0 Å². The van der Waals surface area contributed by atoms with E-state index in [4.69, 9.17) is 15.1 Å². The third-order valence-corrected chi connectivity index (χ3v) is 5.36. The van der Waals surface area contributed by atoms with E-state index in [1.807, 2.05) is 0 Å². The van der Waals surface area contributed by atoms with E-state index in [9.17, 15) is 17.4 Å². The first-order chi connectivity index (χ1) is 12.2. The minimum atomic E-state index is -4.83. The summed E-state index contributed by atoms with van der Waals surface area (Å²) in [6.07, 6.45) is 0. The topological polar surface area (TPSA) is 142 Å². The van der Waals surface area contributed by atoms with Crippen LogP contribution in [-0.4, -0.2) is 47.6 Å². The van der Waals surface area contributed by atoms with Gasteiger partial charge in [-0.25, -0.2) is 4.79 Å². The molecule has 0 spiro atoms. The predicted molar refractivity (Wildman–Crippen MR) is 92.7 cm³/mol. The molecule has 0 radical (unpaired) electrons. The second kappa shape index (κ2) is 9.79. The minimum Gasteiger partial charge on any atom is -0.497 e. The number of rotatable bonds is 5. The van der Waals surface area contributed by atoms with Crippen LogP contribution in [0.1, 0.15) is 17.3 Å². The largest absolute Gasteiger partial charge is 0.497 e. The summed E-state index contributed by atoms with van der Waals surface area (Å²) in [5.41, 5.74) is 0.638. The summed E-state index contributed by atoms with van der Waals surface area (Å²) in [4.78, 5) is 21.1. The number of methoxy groups -OCH3 is 1. The fourth-order valence-corrected chi connectivity index (χ4v) is 3.15. The monoisotopic (exact) mass is 427 g/mol. The molecule has 1 unspecified atom stereocenters. The van der Waals surface area contributed by atoms with Gasteiger partial charge in [0.1, 0.15) is 5.75 Å². The third kappa shape index (κ3) is 6.73. The predicted octanol–water partition coefficient (Wildman–Crippen LogP) is 1.10. The molecule has 10 heteroatoms. The van der Waals surface area contributed by atoms with Gasteiger partial charge < -0.3 is 9.84 Å². The summed E-state index contributed by atoms with van der Waals surface area (Å²) < 4.78 is 28.8. The number of anilines is 1. The average Bonchev–Trinajstić information content (AvgIpc) is 2.62. The summed E-state index contributed by atoms with van der Waals surface area (Å²) in [6.45, 7) is 1.32. The van der Waals surface area contributed by atoms with Crippen LogP contribution in [-0.2, 0) is 12.4 Å². The number of benzene rings is 2. The number of nitrogens with one attached hydrogen (secondary N) is 1. The molecule has 0 heterocycles. The standard InChI is InChI=1S/C8H10AsNO5.C8H8O3/c1-6(11)10-8-4-2-3-7(5-8)9(12,13)15-14;1-11-7-4-2-6(3-5-7)8(9)10/h2-5,14H,1H3,(H,10,11)(H,12,13);2-5H,1H3,(H,9,10). The normalized spacial score (nSPS) is 12.2. The maximum absolute atomic E-state index is 11.3. The van der Waals surface area contributed by atoms with Gasteiger partial charge in [0.25, 0.3) is 0 Å². The molecule has 0 aromatic heterocycles. The Morgan fingerprint density at radius 3 is 2.19 bits per heavy atom. The van der Waals surface area contributed by atoms with Gasteiger partial charge in [-0.15, -0.1) is 0 Å². The molecule has 4 N–H and O–H groups in total. The molecule has 0 aliphatic heterocycles. The molecule has 0 aliphatic carbocycles. The van der Waals surface area contributed by atoms with Gasteiger partial charge in [0.15, 0.2) is 0 Å². The van der Waals surface area contributed by atoms with E-state index in [-0.39, 0.29) is 15.8 Å². The molecule has 9 nitrogen and oxygen atoms in total. The average molecular weight is 427 g/mol. The Morgan fingerprint density at radius 2 is 1.73 bits per heavy atom. The summed E-state index contributed by atoms with van der Waals surface area (Å²) in [5, 5.41) is 19.2. The zero-order chi connectivity index (χ0) is 19.7. The number of hydrogen-bond donors (Lipinski definition) is 4. The van der Waals surface area contributed by atoms with E-state index in [1.54, 1.807) is 18.2 Å². The van der Waals surface area contributed by atoms with Crippen molar-refractivity contribution < 1.29 is 36.4 Å². The molecule has 0 fully saturated rings. The Hall–Kier alpha value is -2.58. The summed E-state index contributed by atoms with van der Waals surface area (Å²) in [6, 6.07) is 11.9. The van der Waals surface area contributed by atoms with Crippen molar-refractivity contribution in [2.45, 2.75) is 6.92 Å². The Bertz CT molecular complexity index is 806. The molecule has 0 aliphatic rings. The molecule has 0 saturated heterocycles. The Balaban J connectivity index is 0.000000273. The summed E-state index contributed by atoms with van der Waals surface area (Å²) >= 11 is -4.83. The fourth-order valence-electron chi connectivity index (χ4n) is 1.74. The Labute approximate surface area is 152 Å². The van der Waals surface area contributed by atoms with Crippen molar-refractivity contribution in [3.63, 3.8) is 0 Å². The zero-order valence-electron chi connectivity index (χ0n) is 13.9. The number of hydrogen-bond acceptors (Lipinski definition) is 6. The van der Waals surface area contributed by atoms with Gasteiger partial charge in [0.05, 0.1) is 12.7 Å². The smallest absolute Gasteiger partial charge is 0.335 e. The van der Waals surface area contributed by atoms with Crippen LogP contribution >= 0.6 is 0 Å². The maximum Gasteiger partial charge on any atom is 0.335 e. The number of amides is 1. The van der Waals surface area contributed by atoms with E-state index < -0.39 is 20.1 Å². The summed E-state index contributed by atoms with van der Waals surface area (Å²) in [5.74, 6) is -0.556. The van der Waals surface area contributed by atoms with Crippen LogP contribution in [0.25, 0.3) is 0 Å². The maximum atomic E-state index is 11.3. The number of ether oxygens (including phenoxy) is 1. The number of carbonyl (C=O) groups is 2. The Kier molecular flexibility index (Phi) is 8.08. The van der Waals surface area contributed by atoms with Crippen LogP contribution in [0.4, 0.5) is 5.69 Å². The van der Waals surface area contributed by atoms with Crippen molar-refractivity contribution in [3.8, 4) is 5.75 Å². The summed E-state index contributed by atoms with van der Waals surface area (Å²) in [7, 11) is 1.54. The van der Waals surface area contributed by atoms with E-state index in [2.05, 4.69) is 9.19 Å². The fraction of sp³-hybridized carbons (Fsp3) is 0.125. The van der Waals surface area contributed by atoms with E-state index in [0.717, 1.165) is 0 Å². The van der Waals surface area contributed by atoms with Crippen molar-refractivity contribution in [3.05, 3.63) is 54.1 Å². The minimum absolute atomic E-state index is 0.0399. The molecule has 1 amide bonds. The van der Waals surface area contributed by atoms with Gasteiger partial charge in [-0.2, -0.15) is 0 Å². The van der Waals surface area contributed by atoms with Crippen molar-refractivity contribution in [2.75, 3.05) is 12.4 Å². The van der Waals surface area contributed by atoms with Crippen LogP contribution < -0.4 is 14.4 Å². The van der Waals surface area contributed by atoms with Gasteiger partial charge in [0.2, 0.25) is 0 Å². The van der Waals surface area contributed by atoms with Crippen molar-refractivity contribution in [1.82, 2.24) is 0 Å². The second-order valence-corrected chi connectivity index (χ2v) is 8.48. The van der Waals surface area contributed by atoms with E-state index in [1.165, 1.54) is 44.4 Å². The SMILES string of the molecule is CC(=O)Nc1cccc([As](=O)(O)OO)c1.COc1ccc(C(=O)O)cc1. The molecule has 2 aromatic rings. The molecule has 0 saturated carbocycles. The first-order valence-electron chi connectivity index (χ1n) is 7.11. The molecular formula is C16H18AsNO8. The molecule has 1 atom stereocenters. The van der Waals surface area contributed by atoms with Crippen LogP contribution in [0.15, 0.2) is 48.5 Å². The second-order valence-electron chi connectivity index (χ2n) is 4.87. The van der Waals surface area contributed by atoms with Crippen LogP contribution in [0.5, 0.6) is 5.75 Å². The number of carboxylic acids is 1. The van der Waals surface area contributed by atoms with Gasteiger partial charge in [-0.1, -0.05) is 0 Å². The molecular weight excluding hydrogens is 409 g/mol. The van der Waals surface area contributed by atoms with Crippen molar-refractivity contribution >= 4 is 36.1 Å². The molecule has 0 bridgehead atoms. The molecule has 140 valence electrons. The van der Waals surface area contributed by atoms with E-state index >= 15 is 0 Å². The van der Waals surface area contributed by atoms with Crippen LogP contribution in [0.2, 0.25) is 0 Å². The Morgan fingerprint density at radius 1 is 1.12 bits per heavy atom. The molecule has 26 heavy (non-hydrogen) atoms. The van der Waals surface area contributed by atoms with Gasteiger partial charge in [-0.05, 0) is 24.3 Å². The van der Waals surface area contributed by atoms with Crippen molar-refractivity contribution in [1.29, 1.82) is 0 Å². The van der Waals surface area contributed by atoms with Crippen molar-refractivity contribution in [2.24, 2.45) is 0 Å². The van der Waals surface area contributed by atoms with E-state index in [0.29, 0.717) is 11.4 Å².